The average molecular weight is 353 g/mol. The molecule has 0 heterocycles. The Morgan fingerprint density at radius 2 is 0.667 bits per heavy atom. The molecule has 0 unspecified atom stereocenters. The molecule has 6 heavy (non-hydrogen) atoms. The Hall–Kier alpha value is 4.40. The van der Waals surface area contributed by atoms with Gasteiger partial charge in [0.2, 0.25) is 0 Å². The molecule has 2 nitrogen and oxygen atoms in total. The standard InChI is InChI=1S/Ba.2O.Sr.2Ti/q+2;2*-2;+2;2*+4. The predicted octanol–water partition coefficient (Wildman–Crippen LogP) is -1.00. The van der Waals surface area contributed by atoms with Gasteiger partial charge in [0.05, 0.1) is 0 Å². The SMILES string of the molecule is [Ba+2].[O-2].[O-2].[Sr+2].[Ti+4].[Ti+4]. The first-order chi connectivity index (χ1) is 0. The summed E-state index contributed by atoms with van der Waals surface area (Å²) < 4.78 is 0. The Morgan fingerprint density at radius 3 is 0.667 bits per heavy atom. The Labute approximate surface area is 144 Å². The summed E-state index contributed by atoms with van der Waals surface area (Å²) in [6, 6.07) is 0. The molecule has 0 aromatic heterocycles. The van der Waals surface area contributed by atoms with Crippen LogP contribution in [0.4, 0.5) is 0 Å². The molecular weight excluding hydrogens is 353 g/mol. The van der Waals surface area contributed by atoms with Gasteiger partial charge in [0.1, 0.15) is 0 Å². The smallest absolute Gasteiger partial charge is 2.00 e. The summed E-state index contributed by atoms with van der Waals surface area (Å²) in [6.45, 7) is 0. The third kappa shape index (κ3) is 23.8. The van der Waals surface area contributed by atoms with E-state index in [1.165, 1.54) is 0 Å². The summed E-state index contributed by atoms with van der Waals surface area (Å²) in [7, 11) is 0. The Kier molecular flexibility index (Phi) is 271. The number of rotatable bonds is 0. The predicted molar refractivity (Wildman–Crippen MR) is 12.9 cm³/mol. The van der Waals surface area contributed by atoms with E-state index in [1.54, 1.807) is 0 Å². The molecule has 6 heteroatoms. The van der Waals surface area contributed by atoms with Crippen molar-refractivity contribution in [1.29, 1.82) is 0 Å². The van der Waals surface area contributed by atoms with Crippen LogP contribution in [0.2, 0.25) is 0 Å². The maximum atomic E-state index is 0. The first kappa shape index (κ1) is 47.5. The Morgan fingerprint density at radius 1 is 0.667 bits per heavy atom. The largest absolute Gasteiger partial charge is 4.00 e. The molecule has 0 fully saturated rings. The molecule has 0 saturated heterocycles. The molecule has 0 aromatic carbocycles. The van der Waals surface area contributed by atoms with Gasteiger partial charge >= 0.3 is 138 Å². The van der Waals surface area contributed by atoms with Gasteiger partial charge < -0.3 is 11.0 Å². The molecule has 0 bridgehead atoms. The summed E-state index contributed by atoms with van der Waals surface area (Å²) in [4.78, 5) is 0. The van der Waals surface area contributed by atoms with E-state index in [1.807, 2.05) is 0 Å². The van der Waals surface area contributed by atoms with Crippen molar-refractivity contribution in [2.45, 2.75) is 0 Å². The summed E-state index contributed by atoms with van der Waals surface area (Å²) in [5.74, 6) is 0. The molecule has 0 atom stereocenters. The Bertz CT molecular complexity index is 11.5. The van der Waals surface area contributed by atoms with Gasteiger partial charge in [-0.05, 0) is 0 Å². The minimum Gasteiger partial charge on any atom is -2.00 e. The van der Waals surface area contributed by atoms with Crippen molar-refractivity contribution < 1.29 is 54.4 Å². The summed E-state index contributed by atoms with van der Waals surface area (Å²) in [5, 5.41) is 0. The second-order valence-corrected chi connectivity index (χ2v) is 0. The average Bonchev–Trinajstić information content (AvgIpc) is 0. The molecule has 0 radical (unpaired) electrons. The van der Waals surface area contributed by atoms with E-state index in [-0.39, 0.29) is 149 Å². The van der Waals surface area contributed by atoms with Gasteiger partial charge in [-0.25, -0.2) is 0 Å². The van der Waals surface area contributed by atoms with E-state index < -0.39 is 0 Å². The van der Waals surface area contributed by atoms with E-state index in [0.29, 0.717) is 0 Å². The molecule has 0 aliphatic heterocycles. The summed E-state index contributed by atoms with van der Waals surface area (Å²) >= 11 is 0. The van der Waals surface area contributed by atoms with Crippen LogP contribution in [0.25, 0.3) is 0 Å². The first-order valence-electron chi connectivity index (χ1n) is 0. The fraction of sp³-hybridized carbons (Fsp3) is 0. The zero-order valence-corrected chi connectivity index (χ0v) is 14.3. The monoisotopic (exact) mass is 354 g/mol. The van der Waals surface area contributed by atoms with E-state index in [9.17, 15) is 0 Å². The summed E-state index contributed by atoms with van der Waals surface area (Å²) in [6.07, 6.45) is 0. The van der Waals surface area contributed by atoms with Crippen LogP contribution in [-0.2, 0) is 54.4 Å². The van der Waals surface area contributed by atoms with Crippen molar-refractivity contribution in [3.8, 4) is 0 Å². The van der Waals surface area contributed by atoms with Crippen molar-refractivity contribution in [1.82, 2.24) is 0 Å². The van der Waals surface area contributed by atoms with Crippen molar-refractivity contribution in [2.75, 3.05) is 0 Å². The van der Waals surface area contributed by atoms with Crippen molar-refractivity contribution >= 4 is 94.4 Å². The van der Waals surface area contributed by atoms with E-state index in [4.69, 9.17) is 0 Å². The molecule has 0 aliphatic rings. The fourth-order valence-corrected chi connectivity index (χ4v) is 0. The zero-order valence-electron chi connectivity index (χ0n) is 3.23. The van der Waals surface area contributed by atoms with Crippen LogP contribution in [0, 0.1) is 0 Å². The van der Waals surface area contributed by atoms with E-state index >= 15 is 0 Å². The van der Waals surface area contributed by atoms with E-state index in [0.717, 1.165) is 0 Å². The fourth-order valence-electron chi connectivity index (χ4n) is 0. The van der Waals surface area contributed by atoms with Crippen LogP contribution in [0.1, 0.15) is 0 Å². The molecule has 0 aromatic rings. The van der Waals surface area contributed by atoms with Crippen molar-refractivity contribution in [2.24, 2.45) is 0 Å². The van der Waals surface area contributed by atoms with Crippen LogP contribution in [0.5, 0.6) is 0 Å². The third-order valence-corrected chi connectivity index (χ3v) is 0. The van der Waals surface area contributed by atoms with Crippen molar-refractivity contribution in [3.05, 3.63) is 0 Å². The number of hydrogen-bond donors (Lipinski definition) is 0. The van der Waals surface area contributed by atoms with Crippen LogP contribution in [-0.4, -0.2) is 94.4 Å². The normalized spacial score (nSPS) is 0. The van der Waals surface area contributed by atoms with Crippen molar-refractivity contribution in [3.63, 3.8) is 0 Å². The maximum absolute atomic E-state index is 0. The molecule has 0 amide bonds. The molecule has 0 spiro atoms. The summed E-state index contributed by atoms with van der Waals surface area (Å²) in [5.41, 5.74) is 0. The Balaban J connectivity index is 0. The molecule has 0 aliphatic carbocycles. The molecule has 16 valence electrons. The minimum atomic E-state index is 0. The van der Waals surface area contributed by atoms with Crippen LogP contribution >= 0.6 is 0 Å². The van der Waals surface area contributed by atoms with E-state index in [2.05, 4.69) is 0 Å². The first-order valence-corrected chi connectivity index (χ1v) is 0. The van der Waals surface area contributed by atoms with Gasteiger partial charge in [-0.3, -0.25) is 0 Å². The zero-order chi connectivity index (χ0) is 0. The van der Waals surface area contributed by atoms with Gasteiger partial charge in [0.15, 0.2) is 0 Å². The second-order valence-electron chi connectivity index (χ2n) is 0. The van der Waals surface area contributed by atoms with Crippen LogP contribution in [0.3, 0.4) is 0 Å². The van der Waals surface area contributed by atoms with Gasteiger partial charge in [-0.1, -0.05) is 0 Å². The third-order valence-electron chi connectivity index (χ3n) is 0. The topological polar surface area (TPSA) is 57.0 Å². The van der Waals surface area contributed by atoms with Gasteiger partial charge in [0.25, 0.3) is 0 Å². The second kappa shape index (κ2) is 34.3. The van der Waals surface area contributed by atoms with Gasteiger partial charge in [0, 0.05) is 0 Å². The molecule has 0 N–H and O–H groups in total. The van der Waals surface area contributed by atoms with Gasteiger partial charge in [-0.2, -0.15) is 0 Å². The molecule has 0 rings (SSSR count). The van der Waals surface area contributed by atoms with Crippen LogP contribution < -0.4 is 0 Å². The molecule has 0 saturated carbocycles. The molecular formula is BaO2SrTi2+8. The van der Waals surface area contributed by atoms with Gasteiger partial charge in [-0.15, -0.1) is 0 Å². The maximum Gasteiger partial charge on any atom is 4.00 e. The van der Waals surface area contributed by atoms with Crippen LogP contribution in [0.15, 0.2) is 0 Å². The quantitative estimate of drug-likeness (QED) is 0.502. The minimum absolute atomic E-state index is 0. The number of hydrogen-bond acceptors (Lipinski definition) is 0.